The number of hydrogen-bond acceptors (Lipinski definition) is 4. The number of para-hydroxylation sites is 1. The van der Waals surface area contributed by atoms with Gasteiger partial charge in [0.05, 0.1) is 5.92 Å². The van der Waals surface area contributed by atoms with Crippen molar-refractivity contribution in [3.05, 3.63) is 30.1 Å². The topological polar surface area (TPSA) is 87.7 Å². The molecule has 1 aliphatic rings. The number of hydrogen-bond donors (Lipinski definition) is 2. The number of halogens is 1. The zero-order valence-corrected chi connectivity index (χ0v) is 15.7. The Balaban J connectivity index is 1.81. The first-order valence-electron chi connectivity index (χ1n) is 9.21. The second-order valence-electron chi connectivity index (χ2n) is 6.60. The maximum Gasteiger partial charge on any atom is 0.279 e. The van der Waals surface area contributed by atoms with Crippen LogP contribution in [0.15, 0.2) is 24.3 Å². The molecule has 7 nitrogen and oxygen atoms in total. The van der Waals surface area contributed by atoms with Crippen LogP contribution in [-0.4, -0.2) is 41.8 Å². The molecule has 8 heteroatoms. The number of benzene rings is 1. The van der Waals surface area contributed by atoms with Gasteiger partial charge in [0.25, 0.3) is 5.91 Å². The second kappa shape index (κ2) is 9.89. The lowest BCUT2D eigenvalue weighted by molar-refractivity contribution is -0.138. The first-order chi connectivity index (χ1) is 12.9. The minimum absolute atomic E-state index is 0.0381. The fourth-order valence-electron chi connectivity index (χ4n) is 2.90. The Morgan fingerprint density at radius 2 is 2.04 bits per heavy atom. The number of carbonyl (C=O) groups excluding carboxylic acids is 3. The largest absolute Gasteiger partial charge is 0.478 e. The lowest BCUT2D eigenvalue weighted by Crippen LogP contribution is -2.52. The van der Waals surface area contributed by atoms with Crippen molar-refractivity contribution in [3.8, 4) is 5.75 Å². The fourth-order valence-corrected chi connectivity index (χ4v) is 2.90. The first kappa shape index (κ1) is 20.7. The third-order valence-electron chi connectivity index (χ3n) is 4.43. The summed E-state index contributed by atoms with van der Waals surface area (Å²) < 4.78 is 18.8. The average Bonchev–Trinajstić information content (AvgIpc) is 2.67. The molecule has 0 bridgehead atoms. The Labute approximate surface area is 158 Å². The van der Waals surface area contributed by atoms with Gasteiger partial charge in [0.1, 0.15) is 0 Å². The van der Waals surface area contributed by atoms with Gasteiger partial charge in [0.2, 0.25) is 11.8 Å². The molecule has 2 unspecified atom stereocenters. The number of hydrazine groups is 1. The van der Waals surface area contributed by atoms with Crippen LogP contribution in [0.3, 0.4) is 0 Å². The van der Waals surface area contributed by atoms with E-state index in [1.165, 1.54) is 25.1 Å². The van der Waals surface area contributed by atoms with Crippen LogP contribution < -0.4 is 15.6 Å². The molecule has 148 valence electrons. The van der Waals surface area contributed by atoms with E-state index in [1.807, 2.05) is 6.92 Å². The lowest BCUT2D eigenvalue weighted by Gasteiger charge is -2.32. The molecule has 1 aromatic carbocycles. The Kier molecular flexibility index (Phi) is 7.57. The number of nitrogens with one attached hydrogen (secondary N) is 2. The van der Waals surface area contributed by atoms with Crippen LogP contribution in [0.1, 0.15) is 39.5 Å². The van der Waals surface area contributed by atoms with Gasteiger partial charge in [-0.15, -0.1) is 0 Å². The van der Waals surface area contributed by atoms with Crippen molar-refractivity contribution in [2.75, 3.05) is 13.1 Å². The number of likely N-dealkylation sites (tertiary alicyclic amines) is 1. The third-order valence-corrected chi connectivity index (χ3v) is 4.43. The maximum atomic E-state index is 13.6. The zero-order valence-electron chi connectivity index (χ0n) is 15.7. The second-order valence-corrected chi connectivity index (χ2v) is 6.60. The van der Waals surface area contributed by atoms with Crippen molar-refractivity contribution in [2.45, 2.75) is 45.6 Å². The number of piperidine rings is 1. The highest BCUT2D eigenvalue weighted by molar-refractivity contribution is 5.86. The molecule has 3 amide bonds. The Morgan fingerprint density at radius 3 is 2.74 bits per heavy atom. The van der Waals surface area contributed by atoms with E-state index in [0.29, 0.717) is 25.9 Å². The van der Waals surface area contributed by atoms with Crippen LogP contribution in [0, 0.1) is 11.7 Å². The maximum absolute atomic E-state index is 13.6. The lowest BCUT2D eigenvalue weighted by atomic mass is 9.97. The van der Waals surface area contributed by atoms with Gasteiger partial charge in [-0.2, -0.15) is 0 Å². The van der Waals surface area contributed by atoms with Gasteiger partial charge in [0.15, 0.2) is 17.7 Å². The van der Waals surface area contributed by atoms with Gasteiger partial charge in [-0.05, 0) is 38.3 Å². The molecule has 0 saturated carbocycles. The zero-order chi connectivity index (χ0) is 19.8. The van der Waals surface area contributed by atoms with Gasteiger partial charge < -0.3 is 9.64 Å². The van der Waals surface area contributed by atoms with E-state index in [9.17, 15) is 18.8 Å². The highest BCUT2D eigenvalue weighted by Crippen LogP contribution is 2.18. The van der Waals surface area contributed by atoms with Crippen molar-refractivity contribution in [1.82, 2.24) is 15.8 Å². The van der Waals surface area contributed by atoms with Gasteiger partial charge in [-0.25, -0.2) is 4.39 Å². The molecule has 2 atom stereocenters. The monoisotopic (exact) mass is 379 g/mol. The molecule has 0 aliphatic carbocycles. The molecule has 27 heavy (non-hydrogen) atoms. The van der Waals surface area contributed by atoms with E-state index in [1.54, 1.807) is 11.0 Å². The molecule has 0 spiro atoms. The van der Waals surface area contributed by atoms with Crippen LogP contribution in [0.25, 0.3) is 0 Å². The predicted octanol–water partition coefficient (Wildman–Crippen LogP) is 1.78. The van der Waals surface area contributed by atoms with Crippen LogP contribution in [0.2, 0.25) is 0 Å². The van der Waals surface area contributed by atoms with E-state index in [2.05, 4.69) is 10.9 Å². The number of ether oxygens (including phenoxy) is 1. The summed E-state index contributed by atoms with van der Waals surface area (Å²) in [6.45, 7) is 4.40. The molecule has 1 saturated heterocycles. The molecule has 1 aromatic rings. The van der Waals surface area contributed by atoms with Gasteiger partial charge in [-0.3, -0.25) is 25.2 Å². The van der Waals surface area contributed by atoms with E-state index in [4.69, 9.17) is 4.74 Å². The number of rotatable bonds is 6. The molecule has 2 rings (SSSR count). The summed E-state index contributed by atoms with van der Waals surface area (Å²) in [6, 6.07) is 5.77. The normalized spacial score (nSPS) is 17.7. The Morgan fingerprint density at radius 1 is 1.30 bits per heavy atom. The SMILES string of the molecule is CCCC(=O)N1CCCC(C(=O)NNC(=O)C(C)Oc2ccccc2F)C1. The summed E-state index contributed by atoms with van der Waals surface area (Å²) in [4.78, 5) is 38.1. The molecule has 1 aliphatic heterocycles. The van der Waals surface area contributed by atoms with Crippen LogP contribution >= 0.6 is 0 Å². The van der Waals surface area contributed by atoms with Crippen LogP contribution in [0.5, 0.6) is 5.75 Å². The van der Waals surface area contributed by atoms with Gasteiger partial charge in [0, 0.05) is 19.5 Å². The van der Waals surface area contributed by atoms with Crippen molar-refractivity contribution in [1.29, 1.82) is 0 Å². The summed E-state index contributed by atoms with van der Waals surface area (Å²) in [7, 11) is 0. The van der Waals surface area contributed by atoms with Crippen molar-refractivity contribution >= 4 is 17.7 Å². The van der Waals surface area contributed by atoms with Crippen LogP contribution in [0.4, 0.5) is 4.39 Å². The summed E-state index contributed by atoms with van der Waals surface area (Å²) in [5, 5.41) is 0. The number of amides is 3. The van der Waals surface area contributed by atoms with Gasteiger partial charge in [-0.1, -0.05) is 19.1 Å². The van der Waals surface area contributed by atoms with E-state index < -0.39 is 17.8 Å². The van der Waals surface area contributed by atoms with Gasteiger partial charge >= 0.3 is 0 Å². The minimum Gasteiger partial charge on any atom is -0.478 e. The molecular weight excluding hydrogens is 353 g/mol. The summed E-state index contributed by atoms with van der Waals surface area (Å²) >= 11 is 0. The first-order valence-corrected chi connectivity index (χ1v) is 9.21. The minimum atomic E-state index is -0.990. The van der Waals surface area contributed by atoms with E-state index in [-0.39, 0.29) is 23.5 Å². The smallest absolute Gasteiger partial charge is 0.279 e. The molecule has 1 heterocycles. The highest BCUT2D eigenvalue weighted by atomic mass is 19.1. The standard InChI is InChI=1S/C19H26FN3O4/c1-3-7-17(24)23-11-6-8-14(12-23)19(26)22-21-18(25)13(2)27-16-10-5-4-9-15(16)20/h4-5,9-10,13-14H,3,6-8,11-12H2,1-2H3,(H,21,25)(H,22,26). The van der Waals surface area contributed by atoms with E-state index >= 15 is 0 Å². The fraction of sp³-hybridized carbons (Fsp3) is 0.526. The van der Waals surface area contributed by atoms with Crippen molar-refractivity contribution < 1.29 is 23.5 Å². The average molecular weight is 379 g/mol. The number of nitrogens with zero attached hydrogens (tertiary/aromatic N) is 1. The molecular formula is C19H26FN3O4. The quantitative estimate of drug-likeness (QED) is 0.738. The summed E-state index contributed by atoms with van der Waals surface area (Å²) in [5.74, 6) is -1.88. The molecule has 1 fully saturated rings. The molecule has 2 N–H and O–H groups in total. The predicted molar refractivity (Wildman–Crippen MR) is 97.0 cm³/mol. The number of carbonyl (C=O) groups is 3. The van der Waals surface area contributed by atoms with Crippen molar-refractivity contribution in [2.24, 2.45) is 5.92 Å². The van der Waals surface area contributed by atoms with E-state index in [0.717, 1.165) is 12.8 Å². The molecule has 0 radical (unpaired) electrons. The Hall–Kier alpha value is -2.64. The van der Waals surface area contributed by atoms with Crippen LogP contribution in [-0.2, 0) is 14.4 Å². The third kappa shape index (κ3) is 5.94. The Bertz CT molecular complexity index is 683. The van der Waals surface area contributed by atoms with Crippen molar-refractivity contribution in [3.63, 3.8) is 0 Å². The highest BCUT2D eigenvalue weighted by Gasteiger charge is 2.28. The molecule has 0 aromatic heterocycles. The summed E-state index contributed by atoms with van der Waals surface area (Å²) in [6.07, 6.45) is 1.64. The summed E-state index contributed by atoms with van der Waals surface area (Å²) in [5.41, 5.74) is 4.67.